The number of aliphatic hydroxyl groups excluding tert-OH is 1. The summed E-state index contributed by atoms with van der Waals surface area (Å²) in [5.74, 6) is 0. The van der Waals surface area contributed by atoms with Crippen LogP contribution in [0.3, 0.4) is 0 Å². The lowest BCUT2D eigenvalue weighted by molar-refractivity contribution is 0.192. The molecule has 0 radical (unpaired) electrons. The van der Waals surface area contributed by atoms with Gasteiger partial charge < -0.3 is 10.4 Å². The first-order valence-electron chi connectivity index (χ1n) is 5.24. The Morgan fingerprint density at radius 1 is 1.29 bits per heavy atom. The highest BCUT2D eigenvalue weighted by Crippen LogP contribution is 2.17. The van der Waals surface area contributed by atoms with Crippen molar-refractivity contribution in [2.45, 2.75) is 6.10 Å². The van der Waals surface area contributed by atoms with Crippen LogP contribution >= 0.6 is 11.3 Å². The van der Waals surface area contributed by atoms with Gasteiger partial charge in [0.05, 0.1) is 17.7 Å². The third-order valence-corrected chi connectivity index (χ3v) is 3.14. The zero-order valence-corrected chi connectivity index (χ0v) is 9.95. The predicted molar refractivity (Wildman–Crippen MR) is 68.9 cm³/mol. The Labute approximate surface area is 104 Å². The lowest BCUT2D eigenvalue weighted by atomic mass is 10.2. The Bertz CT molecular complexity index is 499. The number of benzene rings is 1. The molecule has 0 bridgehead atoms. The molecule has 0 amide bonds. The molecule has 0 saturated carbocycles. The number of hydrogen-bond acceptors (Lipinski definition) is 4. The first kappa shape index (κ1) is 11.6. The Morgan fingerprint density at radius 2 is 2.06 bits per heavy atom. The number of hydrogen-bond donors (Lipinski definition) is 2. The van der Waals surface area contributed by atoms with E-state index in [4.69, 9.17) is 5.26 Å². The molecule has 1 aromatic heterocycles. The Morgan fingerprint density at radius 3 is 2.65 bits per heavy atom. The Hall–Kier alpha value is -1.83. The molecule has 1 unspecified atom stereocenters. The molecule has 86 valence electrons. The van der Waals surface area contributed by atoms with Crippen LogP contribution in [0.15, 0.2) is 41.1 Å². The van der Waals surface area contributed by atoms with Crippen LogP contribution < -0.4 is 5.32 Å². The highest BCUT2D eigenvalue weighted by Gasteiger charge is 2.06. The van der Waals surface area contributed by atoms with Gasteiger partial charge in [0.2, 0.25) is 0 Å². The zero-order chi connectivity index (χ0) is 12.1. The molecule has 1 heterocycles. The van der Waals surface area contributed by atoms with Crippen LogP contribution in [0, 0.1) is 11.3 Å². The van der Waals surface area contributed by atoms with Crippen molar-refractivity contribution in [2.75, 3.05) is 11.9 Å². The van der Waals surface area contributed by atoms with E-state index in [1.165, 1.54) is 0 Å². The molecule has 2 aromatic rings. The third-order valence-electron chi connectivity index (χ3n) is 2.44. The van der Waals surface area contributed by atoms with E-state index in [0.717, 1.165) is 11.3 Å². The summed E-state index contributed by atoms with van der Waals surface area (Å²) in [5.41, 5.74) is 2.46. The molecule has 0 aliphatic carbocycles. The van der Waals surface area contributed by atoms with E-state index in [1.54, 1.807) is 23.5 Å². The quantitative estimate of drug-likeness (QED) is 0.869. The standard InChI is InChI=1S/C13H12N2OS/c14-7-10-1-3-12(4-2-10)15-8-13(16)11-5-6-17-9-11/h1-6,9,13,15-16H,8H2. The van der Waals surface area contributed by atoms with Crippen molar-refractivity contribution in [1.29, 1.82) is 5.26 Å². The van der Waals surface area contributed by atoms with Crippen LogP contribution in [-0.2, 0) is 0 Å². The molecule has 17 heavy (non-hydrogen) atoms. The largest absolute Gasteiger partial charge is 0.387 e. The normalized spacial score (nSPS) is 11.8. The fraction of sp³-hybridized carbons (Fsp3) is 0.154. The van der Waals surface area contributed by atoms with E-state index in [0.29, 0.717) is 12.1 Å². The molecule has 1 aromatic carbocycles. The number of anilines is 1. The van der Waals surface area contributed by atoms with E-state index in [-0.39, 0.29) is 0 Å². The maximum Gasteiger partial charge on any atom is 0.0991 e. The van der Waals surface area contributed by atoms with Crippen molar-refractivity contribution < 1.29 is 5.11 Å². The molecule has 0 saturated heterocycles. The van der Waals surface area contributed by atoms with Crippen LogP contribution in [0.1, 0.15) is 17.2 Å². The molecule has 0 aliphatic heterocycles. The minimum absolute atomic E-state index is 0.461. The molecule has 1 atom stereocenters. The van der Waals surface area contributed by atoms with Gasteiger partial charge >= 0.3 is 0 Å². The van der Waals surface area contributed by atoms with Gasteiger partial charge in [-0.2, -0.15) is 16.6 Å². The second kappa shape index (κ2) is 5.48. The van der Waals surface area contributed by atoms with Crippen LogP contribution in [0.5, 0.6) is 0 Å². The van der Waals surface area contributed by atoms with Gasteiger partial charge in [-0.1, -0.05) is 0 Å². The van der Waals surface area contributed by atoms with Gasteiger partial charge in [-0.25, -0.2) is 0 Å². The summed E-state index contributed by atoms with van der Waals surface area (Å²) in [6, 6.07) is 11.1. The number of nitrogens with zero attached hydrogens (tertiary/aromatic N) is 1. The smallest absolute Gasteiger partial charge is 0.0991 e. The van der Waals surface area contributed by atoms with Crippen molar-refractivity contribution in [1.82, 2.24) is 0 Å². The van der Waals surface area contributed by atoms with E-state index < -0.39 is 6.10 Å². The zero-order valence-electron chi connectivity index (χ0n) is 9.13. The second-order valence-electron chi connectivity index (χ2n) is 3.64. The summed E-state index contributed by atoms with van der Waals surface area (Å²) in [4.78, 5) is 0. The van der Waals surface area contributed by atoms with Gasteiger partial charge in [0, 0.05) is 12.2 Å². The summed E-state index contributed by atoms with van der Waals surface area (Å²) in [7, 11) is 0. The molecule has 0 aliphatic rings. The van der Waals surface area contributed by atoms with Gasteiger partial charge in [-0.3, -0.25) is 0 Å². The first-order chi connectivity index (χ1) is 8.29. The monoisotopic (exact) mass is 244 g/mol. The average Bonchev–Trinajstić information content (AvgIpc) is 2.90. The molecule has 4 heteroatoms. The minimum atomic E-state index is -0.503. The minimum Gasteiger partial charge on any atom is -0.387 e. The number of aliphatic hydroxyl groups is 1. The van der Waals surface area contributed by atoms with Crippen molar-refractivity contribution in [3.63, 3.8) is 0 Å². The van der Waals surface area contributed by atoms with Crippen molar-refractivity contribution >= 4 is 17.0 Å². The summed E-state index contributed by atoms with van der Waals surface area (Å²) < 4.78 is 0. The lowest BCUT2D eigenvalue weighted by Crippen LogP contribution is -2.11. The van der Waals surface area contributed by atoms with E-state index in [1.807, 2.05) is 29.0 Å². The molecule has 3 nitrogen and oxygen atoms in total. The van der Waals surface area contributed by atoms with Gasteiger partial charge in [0.1, 0.15) is 0 Å². The van der Waals surface area contributed by atoms with E-state index >= 15 is 0 Å². The van der Waals surface area contributed by atoms with E-state index in [9.17, 15) is 5.11 Å². The molecular weight excluding hydrogens is 232 g/mol. The molecule has 0 fully saturated rings. The van der Waals surface area contributed by atoms with E-state index in [2.05, 4.69) is 11.4 Å². The highest BCUT2D eigenvalue weighted by atomic mass is 32.1. The number of thiophene rings is 1. The summed E-state index contributed by atoms with van der Waals surface area (Å²) in [6.07, 6.45) is -0.503. The summed E-state index contributed by atoms with van der Waals surface area (Å²) in [6.45, 7) is 0.461. The average molecular weight is 244 g/mol. The summed E-state index contributed by atoms with van der Waals surface area (Å²) in [5, 5.41) is 25.5. The predicted octanol–water partition coefficient (Wildman–Crippen LogP) is 2.77. The fourth-order valence-corrected chi connectivity index (χ4v) is 2.17. The van der Waals surface area contributed by atoms with Gasteiger partial charge in [-0.15, -0.1) is 0 Å². The topological polar surface area (TPSA) is 56.0 Å². The molecule has 2 N–H and O–H groups in total. The maximum atomic E-state index is 9.86. The first-order valence-corrected chi connectivity index (χ1v) is 6.18. The maximum absolute atomic E-state index is 9.86. The second-order valence-corrected chi connectivity index (χ2v) is 4.42. The lowest BCUT2D eigenvalue weighted by Gasteiger charge is -2.11. The van der Waals surface area contributed by atoms with Crippen molar-refractivity contribution in [2.24, 2.45) is 0 Å². The van der Waals surface area contributed by atoms with Crippen molar-refractivity contribution in [3.05, 3.63) is 52.2 Å². The number of nitrogens with one attached hydrogen (secondary N) is 1. The molecule has 2 rings (SSSR count). The number of rotatable bonds is 4. The van der Waals surface area contributed by atoms with Crippen LogP contribution in [0.25, 0.3) is 0 Å². The van der Waals surface area contributed by atoms with Crippen molar-refractivity contribution in [3.8, 4) is 6.07 Å². The fourth-order valence-electron chi connectivity index (χ4n) is 1.46. The summed E-state index contributed by atoms with van der Waals surface area (Å²) >= 11 is 1.57. The van der Waals surface area contributed by atoms with Gasteiger partial charge in [0.15, 0.2) is 0 Å². The van der Waals surface area contributed by atoms with Gasteiger partial charge in [-0.05, 0) is 46.7 Å². The molecule has 0 spiro atoms. The highest BCUT2D eigenvalue weighted by molar-refractivity contribution is 7.07. The van der Waals surface area contributed by atoms with Crippen LogP contribution in [0.2, 0.25) is 0 Å². The Kier molecular flexibility index (Phi) is 3.76. The number of nitriles is 1. The SMILES string of the molecule is N#Cc1ccc(NCC(O)c2ccsc2)cc1. The molecular formula is C13H12N2OS. The van der Waals surface area contributed by atoms with Crippen LogP contribution in [-0.4, -0.2) is 11.7 Å². The third kappa shape index (κ3) is 3.06. The van der Waals surface area contributed by atoms with Gasteiger partial charge in [0.25, 0.3) is 0 Å². The van der Waals surface area contributed by atoms with Crippen LogP contribution in [0.4, 0.5) is 5.69 Å². The Balaban J connectivity index is 1.91.